The van der Waals surface area contributed by atoms with E-state index in [1.54, 1.807) is 0 Å². The molecule has 164 valence electrons. The Morgan fingerprint density at radius 3 is 1.40 bits per heavy atom. The van der Waals surface area contributed by atoms with Crippen molar-refractivity contribution in [2.45, 2.75) is 41.5 Å². The first-order valence-electron chi connectivity index (χ1n) is 10.7. The Hall–Kier alpha value is -1.27. The lowest BCUT2D eigenvalue weighted by Gasteiger charge is -2.34. The molecular weight excluding hydrogens is 431 g/mol. The molecule has 0 fully saturated rings. The molecule has 0 saturated carbocycles. The minimum atomic E-state index is -2.94. The van der Waals surface area contributed by atoms with Crippen LogP contribution in [0, 0.1) is 13.8 Å². The van der Waals surface area contributed by atoms with Gasteiger partial charge >= 0.3 is 7.66 Å². The second-order valence-electron chi connectivity index (χ2n) is 7.49. The molecule has 0 unspecified atom stereocenters. The van der Waals surface area contributed by atoms with E-state index in [4.69, 9.17) is 22.6 Å². The molecule has 30 heavy (non-hydrogen) atoms. The molecule has 1 aliphatic heterocycles. The largest absolute Gasteiger partial charge is 0.449 e. The van der Waals surface area contributed by atoms with Crippen molar-refractivity contribution in [2.24, 2.45) is 13.5 Å². The summed E-state index contributed by atoms with van der Waals surface area (Å²) in [5.74, 6) is 1.59. The zero-order chi connectivity index (χ0) is 21.8. The van der Waals surface area contributed by atoms with Crippen LogP contribution in [0.15, 0.2) is 62.1 Å². The minimum Gasteiger partial charge on any atom is -0.413 e. The van der Waals surface area contributed by atoms with Crippen molar-refractivity contribution in [3.05, 3.63) is 59.7 Å². The van der Waals surface area contributed by atoms with E-state index in [0.717, 1.165) is 47.3 Å². The van der Waals surface area contributed by atoms with E-state index in [1.807, 2.05) is 36.4 Å². The van der Waals surface area contributed by atoms with Crippen LogP contribution in [0.4, 0.5) is 0 Å². The summed E-state index contributed by atoms with van der Waals surface area (Å²) in [5, 5.41) is 0. The Morgan fingerprint density at radius 1 is 0.600 bits per heavy atom. The lowest BCUT2D eigenvalue weighted by Crippen LogP contribution is -2.06. The molecule has 2 aromatic rings. The molecule has 0 radical (unpaired) electrons. The van der Waals surface area contributed by atoms with Gasteiger partial charge < -0.3 is 9.05 Å². The summed E-state index contributed by atoms with van der Waals surface area (Å²) in [4.78, 5) is 0. The van der Waals surface area contributed by atoms with E-state index in [1.165, 1.54) is 0 Å². The van der Waals surface area contributed by atoms with Crippen molar-refractivity contribution in [1.82, 2.24) is 0 Å². The SMILES string of the molecule is CCP1(CC)=NP(CC)(CC)=NP(Oc2ccccc2C)(Oc2ccccc2C)=N1. The predicted octanol–water partition coefficient (Wildman–Crippen LogP) is 9.03. The van der Waals surface area contributed by atoms with Crippen molar-refractivity contribution < 1.29 is 9.05 Å². The third kappa shape index (κ3) is 4.80. The van der Waals surface area contributed by atoms with Gasteiger partial charge in [-0.15, -0.1) is 0 Å². The molecule has 0 saturated heterocycles. The second kappa shape index (κ2) is 9.47. The van der Waals surface area contributed by atoms with Gasteiger partial charge in [0, 0.05) is 0 Å². The summed E-state index contributed by atoms with van der Waals surface area (Å²) in [7, 11) is -6.80. The van der Waals surface area contributed by atoms with Gasteiger partial charge in [0.25, 0.3) is 0 Å². The van der Waals surface area contributed by atoms with Crippen molar-refractivity contribution in [2.75, 3.05) is 24.6 Å². The first kappa shape index (κ1) is 23.4. The van der Waals surface area contributed by atoms with E-state index in [-0.39, 0.29) is 0 Å². The first-order chi connectivity index (χ1) is 14.3. The zero-order valence-corrected chi connectivity index (χ0v) is 21.6. The van der Waals surface area contributed by atoms with E-state index in [0.29, 0.717) is 0 Å². The smallest absolute Gasteiger partial charge is 0.413 e. The summed E-state index contributed by atoms with van der Waals surface area (Å²) in [6.45, 7) is 12.9. The molecule has 8 heteroatoms. The lowest BCUT2D eigenvalue weighted by atomic mass is 10.2. The van der Waals surface area contributed by atoms with Crippen LogP contribution in [0.1, 0.15) is 38.8 Å². The maximum Gasteiger partial charge on any atom is 0.449 e. The lowest BCUT2D eigenvalue weighted by molar-refractivity contribution is 0.474. The van der Waals surface area contributed by atoms with Crippen LogP contribution in [0.5, 0.6) is 11.5 Å². The third-order valence-corrected chi connectivity index (χ3v) is 17.6. The fraction of sp³-hybridized carbons (Fsp3) is 0.455. The van der Waals surface area contributed by atoms with Crippen molar-refractivity contribution in [3.8, 4) is 11.5 Å². The van der Waals surface area contributed by atoms with Gasteiger partial charge in [-0.2, -0.15) is 9.03 Å². The van der Waals surface area contributed by atoms with Crippen LogP contribution >= 0.6 is 22.1 Å². The number of benzene rings is 2. The van der Waals surface area contributed by atoms with Crippen LogP contribution in [-0.2, 0) is 0 Å². The van der Waals surface area contributed by atoms with Crippen LogP contribution in [-0.4, -0.2) is 24.6 Å². The first-order valence-corrected chi connectivity index (χ1v) is 16.4. The normalized spacial score (nSPS) is 18.5. The van der Waals surface area contributed by atoms with Crippen LogP contribution in [0.3, 0.4) is 0 Å². The number of hydrogen-bond donors (Lipinski definition) is 0. The molecule has 3 rings (SSSR count). The van der Waals surface area contributed by atoms with Gasteiger partial charge in [0.15, 0.2) is 0 Å². The highest BCUT2D eigenvalue weighted by Crippen LogP contribution is 2.78. The van der Waals surface area contributed by atoms with Gasteiger partial charge in [-0.3, -0.25) is 0 Å². The van der Waals surface area contributed by atoms with E-state index in [9.17, 15) is 0 Å². The Labute approximate surface area is 182 Å². The van der Waals surface area contributed by atoms with Crippen molar-refractivity contribution in [1.29, 1.82) is 0 Å². The van der Waals surface area contributed by atoms with Crippen LogP contribution in [0.25, 0.3) is 0 Å². The summed E-state index contributed by atoms with van der Waals surface area (Å²) < 4.78 is 29.4. The molecule has 5 nitrogen and oxygen atoms in total. The number of rotatable bonds is 8. The molecule has 1 aliphatic rings. The van der Waals surface area contributed by atoms with E-state index in [2.05, 4.69) is 53.7 Å². The van der Waals surface area contributed by atoms with Crippen molar-refractivity contribution >= 4 is 22.1 Å². The van der Waals surface area contributed by atoms with Crippen LogP contribution in [0.2, 0.25) is 0 Å². The van der Waals surface area contributed by atoms with Gasteiger partial charge in [0.1, 0.15) is 11.5 Å². The average Bonchev–Trinajstić information content (AvgIpc) is 2.76. The third-order valence-electron chi connectivity index (χ3n) is 5.54. The van der Waals surface area contributed by atoms with Gasteiger partial charge in [-0.05, 0) is 61.8 Å². The molecule has 0 spiro atoms. The summed E-state index contributed by atoms with van der Waals surface area (Å²) in [6, 6.07) is 16.1. The summed E-state index contributed by atoms with van der Waals surface area (Å²) in [5.41, 5.74) is 2.12. The van der Waals surface area contributed by atoms with Gasteiger partial charge in [0.2, 0.25) is 0 Å². The highest BCUT2D eigenvalue weighted by molar-refractivity contribution is 7.85. The van der Waals surface area contributed by atoms with Crippen LogP contribution < -0.4 is 9.05 Å². The number of aryl methyl sites for hydroxylation is 2. The zero-order valence-electron chi connectivity index (χ0n) is 18.9. The molecule has 0 amide bonds. The molecule has 1 heterocycles. The summed E-state index contributed by atoms with van der Waals surface area (Å²) in [6.07, 6.45) is 3.71. The van der Waals surface area contributed by atoms with Gasteiger partial charge in [-0.1, -0.05) is 64.1 Å². The standard InChI is InChI=1S/C22H34N3O2P3/c1-7-28(8-2)23-29(9-3,10-4)25-30(24-28,26-21-17-13-11-15-19(21)5)27-22-18-14-12-16-20(22)6/h11-18H,7-10H2,1-6H3. The Kier molecular flexibility index (Phi) is 7.39. The fourth-order valence-corrected chi connectivity index (χ4v) is 17.1. The maximum absolute atomic E-state index is 6.70. The molecule has 0 atom stereocenters. The van der Waals surface area contributed by atoms with E-state index >= 15 is 0 Å². The molecule has 0 aromatic heterocycles. The Balaban J connectivity index is 2.31. The number of para-hydroxylation sites is 2. The molecule has 2 aromatic carbocycles. The van der Waals surface area contributed by atoms with Crippen molar-refractivity contribution in [3.63, 3.8) is 0 Å². The Morgan fingerprint density at radius 2 is 1.00 bits per heavy atom. The minimum absolute atomic E-state index is 0.796. The van der Waals surface area contributed by atoms with E-state index < -0.39 is 22.1 Å². The number of hydrogen-bond acceptors (Lipinski definition) is 5. The maximum atomic E-state index is 6.70. The summed E-state index contributed by atoms with van der Waals surface area (Å²) >= 11 is 0. The average molecular weight is 465 g/mol. The highest BCUT2D eigenvalue weighted by atomic mass is 31.3. The molecule has 0 aliphatic carbocycles. The quantitative estimate of drug-likeness (QED) is 0.365. The van der Waals surface area contributed by atoms with Gasteiger partial charge in [-0.25, -0.2) is 4.52 Å². The fourth-order valence-electron chi connectivity index (χ4n) is 3.40. The monoisotopic (exact) mass is 465 g/mol. The highest BCUT2D eigenvalue weighted by Gasteiger charge is 2.38. The Bertz CT molecular complexity index is 1000. The molecular formula is C22H34N3O2P3. The topological polar surface area (TPSA) is 55.5 Å². The van der Waals surface area contributed by atoms with Gasteiger partial charge in [0.05, 0.1) is 14.4 Å². The molecule has 0 N–H and O–H groups in total. The predicted molar refractivity (Wildman–Crippen MR) is 134 cm³/mol. The second-order valence-corrected chi connectivity index (χ2v) is 17.0. The number of nitrogens with zero attached hydrogens (tertiary/aromatic N) is 3. The molecule has 0 bridgehead atoms.